The molecule has 0 spiro atoms. The number of hydrogen-bond acceptors (Lipinski definition) is 2. The zero-order valence-electron chi connectivity index (χ0n) is 9.96. The first kappa shape index (κ1) is 13.8. The monoisotopic (exact) mass is 371 g/mol. The molecule has 0 saturated heterocycles. The van der Waals surface area contributed by atoms with Gasteiger partial charge in [0.25, 0.3) is 0 Å². The van der Waals surface area contributed by atoms with Gasteiger partial charge in [-0.3, -0.25) is 0 Å². The molecule has 0 unspecified atom stereocenters. The number of hydrogen-bond donors (Lipinski definition) is 1. The molecule has 0 aliphatic heterocycles. The molecule has 1 aromatic carbocycles. The summed E-state index contributed by atoms with van der Waals surface area (Å²) in [6.45, 7) is 1.75. The zero-order valence-corrected chi connectivity index (χ0v) is 13.1. The number of furan rings is 1. The van der Waals surface area contributed by atoms with E-state index in [0.717, 1.165) is 40.8 Å². The van der Waals surface area contributed by atoms with Gasteiger partial charge in [0.05, 0.1) is 11.0 Å². The van der Waals surface area contributed by atoms with Crippen molar-refractivity contribution in [3.8, 4) is 0 Å². The second-order valence-corrected chi connectivity index (χ2v) is 5.67. The number of nitrogens with one attached hydrogen (secondary N) is 1. The number of halogens is 2. The first-order chi connectivity index (χ1) is 8.75. The molecule has 0 amide bonds. The van der Waals surface area contributed by atoms with Crippen LogP contribution < -0.4 is 5.32 Å². The molecule has 0 aliphatic rings. The molecule has 0 radical (unpaired) electrons. The summed E-state index contributed by atoms with van der Waals surface area (Å²) in [6.07, 6.45) is 2.24. The highest BCUT2D eigenvalue weighted by Crippen LogP contribution is 2.26. The molecule has 1 N–H and O–H groups in total. The molecular weight excluding hydrogens is 358 g/mol. The normalized spacial score (nSPS) is 10.8. The maximum absolute atomic E-state index is 5.49. The fraction of sp³-hybridized carbons (Fsp3) is 0.286. The number of aryl methyl sites for hydroxylation is 1. The van der Waals surface area contributed by atoms with Gasteiger partial charge < -0.3 is 9.73 Å². The molecule has 96 valence electrons. The van der Waals surface area contributed by atoms with E-state index in [4.69, 9.17) is 4.42 Å². The second-order valence-electron chi connectivity index (χ2n) is 4.10. The molecule has 0 saturated carbocycles. The fourth-order valence-electron chi connectivity index (χ4n) is 1.75. The fourth-order valence-corrected chi connectivity index (χ4v) is 2.41. The lowest BCUT2D eigenvalue weighted by atomic mass is 10.1. The van der Waals surface area contributed by atoms with Gasteiger partial charge >= 0.3 is 0 Å². The third-order valence-electron chi connectivity index (χ3n) is 2.66. The van der Waals surface area contributed by atoms with Crippen LogP contribution in [0.2, 0.25) is 0 Å². The van der Waals surface area contributed by atoms with E-state index in [1.54, 1.807) is 0 Å². The van der Waals surface area contributed by atoms with E-state index in [9.17, 15) is 0 Å². The first-order valence-corrected chi connectivity index (χ1v) is 7.52. The first-order valence-electron chi connectivity index (χ1n) is 5.94. The van der Waals surface area contributed by atoms with Crippen LogP contribution in [-0.2, 0) is 13.0 Å². The summed E-state index contributed by atoms with van der Waals surface area (Å²) in [5, 5.41) is 3.38. The minimum Gasteiger partial charge on any atom is -0.452 e. The van der Waals surface area contributed by atoms with E-state index < -0.39 is 0 Å². The predicted octanol–water partition coefficient (Wildman–Crippen LogP) is 4.53. The Morgan fingerprint density at radius 2 is 1.89 bits per heavy atom. The second kappa shape index (κ2) is 7.12. The minimum atomic E-state index is 0.753. The molecule has 2 aromatic rings. The highest BCUT2D eigenvalue weighted by Gasteiger charge is 2.04. The third kappa shape index (κ3) is 4.26. The standard InChI is InChI=1S/C14H15Br2NO/c15-13-9-12(18-14(13)16)10-17-8-4-7-11-5-2-1-3-6-11/h1-3,5-6,9,17H,4,7-8,10H2. The highest BCUT2D eigenvalue weighted by atomic mass is 79.9. The van der Waals surface area contributed by atoms with Gasteiger partial charge in [-0.2, -0.15) is 0 Å². The van der Waals surface area contributed by atoms with Crippen LogP contribution in [0.1, 0.15) is 17.7 Å². The van der Waals surface area contributed by atoms with Crippen LogP contribution in [0.5, 0.6) is 0 Å². The average molecular weight is 373 g/mol. The molecule has 1 heterocycles. The van der Waals surface area contributed by atoms with Crippen molar-refractivity contribution in [2.24, 2.45) is 0 Å². The zero-order chi connectivity index (χ0) is 12.8. The van der Waals surface area contributed by atoms with E-state index in [0.29, 0.717) is 0 Å². The lowest BCUT2D eigenvalue weighted by Gasteiger charge is -2.03. The SMILES string of the molecule is Brc1cc(CNCCCc2ccccc2)oc1Br. The molecular formula is C14H15Br2NO. The Morgan fingerprint density at radius 3 is 2.56 bits per heavy atom. The van der Waals surface area contributed by atoms with Crippen molar-refractivity contribution in [3.63, 3.8) is 0 Å². The van der Waals surface area contributed by atoms with E-state index >= 15 is 0 Å². The van der Waals surface area contributed by atoms with Crippen LogP contribution in [0.3, 0.4) is 0 Å². The van der Waals surface area contributed by atoms with Crippen molar-refractivity contribution < 1.29 is 4.42 Å². The van der Waals surface area contributed by atoms with Crippen LogP contribution in [0.25, 0.3) is 0 Å². The predicted molar refractivity (Wildman–Crippen MR) is 80.6 cm³/mol. The number of rotatable bonds is 6. The Bertz CT molecular complexity index is 462. The molecule has 0 fully saturated rings. The quantitative estimate of drug-likeness (QED) is 0.753. The summed E-state index contributed by atoms with van der Waals surface area (Å²) in [7, 11) is 0. The van der Waals surface area contributed by atoms with E-state index in [1.807, 2.05) is 12.1 Å². The van der Waals surface area contributed by atoms with Crippen molar-refractivity contribution in [1.82, 2.24) is 5.32 Å². The van der Waals surface area contributed by atoms with Crippen molar-refractivity contribution >= 4 is 31.9 Å². The molecule has 2 nitrogen and oxygen atoms in total. The molecule has 2 rings (SSSR count). The van der Waals surface area contributed by atoms with Gasteiger partial charge in [0.15, 0.2) is 4.67 Å². The van der Waals surface area contributed by atoms with E-state index in [1.165, 1.54) is 5.56 Å². The molecule has 4 heteroatoms. The van der Waals surface area contributed by atoms with Gasteiger partial charge in [0.2, 0.25) is 0 Å². The van der Waals surface area contributed by atoms with Gasteiger partial charge in [-0.15, -0.1) is 0 Å². The Labute approximate surface area is 124 Å². The van der Waals surface area contributed by atoms with Crippen LogP contribution in [0.4, 0.5) is 0 Å². The van der Waals surface area contributed by atoms with Crippen LogP contribution >= 0.6 is 31.9 Å². The maximum Gasteiger partial charge on any atom is 0.183 e. The Hall–Kier alpha value is -0.580. The molecule has 0 bridgehead atoms. The van der Waals surface area contributed by atoms with E-state index in [-0.39, 0.29) is 0 Å². The molecule has 18 heavy (non-hydrogen) atoms. The lowest BCUT2D eigenvalue weighted by molar-refractivity contribution is 0.463. The highest BCUT2D eigenvalue weighted by molar-refractivity contribution is 9.13. The van der Waals surface area contributed by atoms with Gasteiger partial charge in [0.1, 0.15) is 5.76 Å². The van der Waals surface area contributed by atoms with Crippen molar-refractivity contribution in [2.75, 3.05) is 6.54 Å². The average Bonchev–Trinajstić information content (AvgIpc) is 2.70. The summed E-state index contributed by atoms with van der Waals surface area (Å²) in [5.41, 5.74) is 1.39. The van der Waals surface area contributed by atoms with E-state index in [2.05, 4.69) is 61.4 Å². The summed E-state index contributed by atoms with van der Waals surface area (Å²) in [6, 6.07) is 12.5. The van der Waals surface area contributed by atoms with Crippen LogP contribution in [0.15, 0.2) is 50.0 Å². The molecule has 1 aromatic heterocycles. The van der Waals surface area contributed by atoms with Crippen molar-refractivity contribution in [3.05, 3.63) is 56.9 Å². The Balaban J connectivity index is 1.64. The Kier molecular flexibility index (Phi) is 5.47. The Morgan fingerprint density at radius 1 is 1.11 bits per heavy atom. The summed E-state index contributed by atoms with van der Waals surface area (Å²) in [4.78, 5) is 0. The lowest BCUT2D eigenvalue weighted by Crippen LogP contribution is -2.14. The summed E-state index contributed by atoms with van der Waals surface area (Å²) < 4.78 is 7.20. The van der Waals surface area contributed by atoms with Gasteiger partial charge in [-0.1, -0.05) is 30.3 Å². The van der Waals surface area contributed by atoms with Gasteiger partial charge in [-0.25, -0.2) is 0 Å². The van der Waals surface area contributed by atoms with Gasteiger partial charge in [0, 0.05) is 0 Å². The molecule has 0 atom stereocenters. The van der Waals surface area contributed by atoms with Crippen molar-refractivity contribution in [2.45, 2.75) is 19.4 Å². The summed E-state index contributed by atoms with van der Waals surface area (Å²) >= 11 is 6.73. The summed E-state index contributed by atoms with van der Waals surface area (Å²) in [5.74, 6) is 0.938. The van der Waals surface area contributed by atoms with Crippen LogP contribution in [0, 0.1) is 0 Å². The van der Waals surface area contributed by atoms with Gasteiger partial charge in [-0.05, 0) is 62.9 Å². The number of benzene rings is 1. The largest absolute Gasteiger partial charge is 0.452 e. The molecule has 0 aliphatic carbocycles. The maximum atomic E-state index is 5.49. The third-order valence-corrected chi connectivity index (χ3v) is 4.37. The smallest absolute Gasteiger partial charge is 0.183 e. The van der Waals surface area contributed by atoms with Crippen LogP contribution in [-0.4, -0.2) is 6.54 Å². The minimum absolute atomic E-state index is 0.753. The van der Waals surface area contributed by atoms with Crippen molar-refractivity contribution in [1.29, 1.82) is 0 Å². The topological polar surface area (TPSA) is 25.2 Å².